The summed E-state index contributed by atoms with van der Waals surface area (Å²) in [6.07, 6.45) is 0.820. The molecule has 3 nitrogen and oxygen atoms in total. The van der Waals surface area contributed by atoms with Gasteiger partial charge in [0.15, 0.2) is 0 Å². The van der Waals surface area contributed by atoms with E-state index >= 15 is 0 Å². The van der Waals surface area contributed by atoms with E-state index in [0.29, 0.717) is 19.8 Å². The van der Waals surface area contributed by atoms with Crippen LogP contribution in [0.25, 0.3) is 0 Å². The summed E-state index contributed by atoms with van der Waals surface area (Å²) in [5.74, 6) is 1.69. The zero-order valence-corrected chi connectivity index (χ0v) is 12.9. The molecule has 0 atom stereocenters. The van der Waals surface area contributed by atoms with Crippen molar-refractivity contribution in [1.29, 1.82) is 0 Å². The second kappa shape index (κ2) is 7.91. The Morgan fingerprint density at radius 2 is 1.57 bits per heavy atom. The SMILES string of the molecule is Cc1cc(OCCCOc2ccc(CN)cc2)ccc1Cl. The van der Waals surface area contributed by atoms with Crippen molar-refractivity contribution >= 4 is 11.6 Å². The molecule has 0 unspecified atom stereocenters. The van der Waals surface area contributed by atoms with E-state index in [2.05, 4.69) is 0 Å². The van der Waals surface area contributed by atoms with Crippen LogP contribution in [0.4, 0.5) is 0 Å². The van der Waals surface area contributed by atoms with Gasteiger partial charge in [-0.25, -0.2) is 0 Å². The van der Waals surface area contributed by atoms with Crippen LogP contribution < -0.4 is 15.2 Å². The number of benzene rings is 2. The Morgan fingerprint density at radius 3 is 2.19 bits per heavy atom. The Balaban J connectivity index is 1.68. The Labute approximate surface area is 130 Å². The molecule has 0 saturated carbocycles. The van der Waals surface area contributed by atoms with E-state index in [-0.39, 0.29) is 0 Å². The van der Waals surface area contributed by atoms with Crippen LogP contribution in [0, 0.1) is 6.92 Å². The van der Waals surface area contributed by atoms with Crippen LogP contribution in [0.2, 0.25) is 5.02 Å². The highest BCUT2D eigenvalue weighted by Gasteiger charge is 1.99. The number of rotatable bonds is 7. The number of ether oxygens (including phenoxy) is 2. The number of hydrogen-bond acceptors (Lipinski definition) is 3. The van der Waals surface area contributed by atoms with E-state index in [1.807, 2.05) is 49.4 Å². The van der Waals surface area contributed by atoms with E-state index in [1.54, 1.807) is 0 Å². The van der Waals surface area contributed by atoms with Crippen molar-refractivity contribution in [2.75, 3.05) is 13.2 Å². The van der Waals surface area contributed by atoms with E-state index in [9.17, 15) is 0 Å². The molecule has 0 aliphatic rings. The molecule has 4 heteroatoms. The molecule has 0 fully saturated rings. The van der Waals surface area contributed by atoms with E-state index in [1.165, 1.54) is 0 Å². The second-order valence-electron chi connectivity index (χ2n) is 4.81. The lowest BCUT2D eigenvalue weighted by molar-refractivity contribution is 0.247. The summed E-state index contributed by atoms with van der Waals surface area (Å²) in [6, 6.07) is 13.5. The first-order chi connectivity index (χ1) is 10.2. The average molecular weight is 306 g/mol. The maximum Gasteiger partial charge on any atom is 0.119 e. The van der Waals surface area contributed by atoms with Crippen molar-refractivity contribution in [3.05, 3.63) is 58.6 Å². The topological polar surface area (TPSA) is 44.5 Å². The molecule has 21 heavy (non-hydrogen) atoms. The maximum atomic E-state index is 5.97. The molecular weight excluding hydrogens is 286 g/mol. The van der Waals surface area contributed by atoms with E-state index in [4.69, 9.17) is 26.8 Å². The zero-order valence-electron chi connectivity index (χ0n) is 12.1. The first-order valence-electron chi connectivity index (χ1n) is 7.00. The van der Waals surface area contributed by atoms with Crippen LogP contribution in [0.15, 0.2) is 42.5 Å². The lowest BCUT2D eigenvalue weighted by Crippen LogP contribution is -2.05. The van der Waals surface area contributed by atoms with Crippen LogP contribution >= 0.6 is 11.6 Å². The van der Waals surface area contributed by atoms with Crippen molar-refractivity contribution in [2.45, 2.75) is 19.9 Å². The molecule has 0 amide bonds. The van der Waals surface area contributed by atoms with Gasteiger partial charge in [-0.2, -0.15) is 0 Å². The molecule has 0 bridgehead atoms. The van der Waals surface area contributed by atoms with Gasteiger partial charge >= 0.3 is 0 Å². The van der Waals surface area contributed by atoms with Gasteiger partial charge in [0, 0.05) is 18.0 Å². The van der Waals surface area contributed by atoms with Crippen LogP contribution in [0.1, 0.15) is 17.5 Å². The molecular formula is C17H20ClNO2. The van der Waals surface area contributed by atoms with Crippen LogP contribution in [0.3, 0.4) is 0 Å². The third kappa shape index (κ3) is 4.96. The molecule has 0 aliphatic carbocycles. The summed E-state index contributed by atoms with van der Waals surface area (Å²) in [5, 5.41) is 0.756. The van der Waals surface area contributed by atoms with E-state index in [0.717, 1.165) is 34.1 Å². The van der Waals surface area contributed by atoms with Gasteiger partial charge in [0.2, 0.25) is 0 Å². The normalized spacial score (nSPS) is 10.4. The zero-order chi connectivity index (χ0) is 15.1. The summed E-state index contributed by atoms with van der Waals surface area (Å²) in [5.41, 5.74) is 7.67. The molecule has 0 radical (unpaired) electrons. The molecule has 2 aromatic rings. The van der Waals surface area contributed by atoms with Crippen molar-refractivity contribution in [2.24, 2.45) is 5.73 Å². The molecule has 0 aromatic heterocycles. The molecule has 0 saturated heterocycles. The van der Waals surface area contributed by atoms with Gasteiger partial charge in [-0.3, -0.25) is 0 Å². The van der Waals surface area contributed by atoms with E-state index < -0.39 is 0 Å². The fourth-order valence-electron chi connectivity index (χ4n) is 1.87. The summed E-state index contributed by atoms with van der Waals surface area (Å²) in [7, 11) is 0. The van der Waals surface area contributed by atoms with Crippen LogP contribution in [-0.2, 0) is 6.54 Å². The monoisotopic (exact) mass is 305 g/mol. The smallest absolute Gasteiger partial charge is 0.119 e. The summed E-state index contributed by atoms with van der Waals surface area (Å²) in [6.45, 7) is 3.74. The highest BCUT2D eigenvalue weighted by atomic mass is 35.5. The highest BCUT2D eigenvalue weighted by molar-refractivity contribution is 6.31. The summed E-state index contributed by atoms with van der Waals surface area (Å²) in [4.78, 5) is 0. The predicted molar refractivity (Wildman–Crippen MR) is 86.1 cm³/mol. The first-order valence-corrected chi connectivity index (χ1v) is 7.37. The minimum absolute atomic E-state index is 0.550. The standard InChI is InChI=1S/C17H20ClNO2/c1-13-11-16(7-8-17(13)18)21-10-2-9-20-15-5-3-14(12-19)4-6-15/h3-8,11H,2,9-10,12,19H2,1H3. The third-order valence-corrected chi connectivity index (χ3v) is 3.54. The minimum Gasteiger partial charge on any atom is -0.493 e. The Bertz CT molecular complexity index is 570. The largest absolute Gasteiger partial charge is 0.493 e. The summed E-state index contributed by atoms with van der Waals surface area (Å²) >= 11 is 5.97. The predicted octanol–water partition coefficient (Wildman–Crippen LogP) is 3.96. The molecule has 0 aliphatic heterocycles. The summed E-state index contributed by atoms with van der Waals surface area (Å²) < 4.78 is 11.3. The molecule has 2 aromatic carbocycles. The Morgan fingerprint density at radius 1 is 0.952 bits per heavy atom. The first kappa shape index (κ1) is 15.7. The molecule has 2 N–H and O–H groups in total. The number of halogens is 1. The number of hydrogen-bond donors (Lipinski definition) is 1. The number of nitrogens with two attached hydrogens (primary N) is 1. The average Bonchev–Trinajstić information content (AvgIpc) is 2.51. The Kier molecular flexibility index (Phi) is 5.90. The molecule has 0 heterocycles. The van der Waals surface area contributed by atoms with Gasteiger partial charge in [-0.1, -0.05) is 23.7 Å². The maximum absolute atomic E-state index is 5.97. The molecule has 112 valence electrons. The molecule has 0 spiro atoms. The third-order valence-electron chi connectivity index (χ3n) is 3.11. The fraction of sp³-hybridized carbons (Fsp3) is 0.294. The van der Waals surface area contributed by atoms with Gasteiger partial charge in [0.05, 0.1) is 13.2 Å². The second-order valence-corrected chi connectivity index (χ2v) is 5.22. The lowest BCUT2D eigenvalue weighted by atomic mass is 10.2. The van der Waals surface area contributed by atoms with Gasteiger partial charge in [0.25, 0.3) is 0 Å². The van der Waals surface area contributed by atoms with Crippen molar-refractivity contribution in [1.82, 2.24) is 0 Å². The quantitative estimate of drug-likeness (QED) is 0.788. The lowest BCUT2D eigenvalue weighted by Gasteiger charge is -2.09. The van der Waals surface area contributed by atoms with Gasteiger partial charge < -0.3 is 15.2 Å². The minimum atomic E-state index is 0.550. The molecule has 2 rings (SSSR count). The van der Waals surface area contributed by atoms with Crippen LogP contribution in [-0.4, -0.2) is 13.2 Å². The number of aryl methyl sites for hydroxylation is 1. The van der Waals surface area contributed by atoms with Gasteiger partial charge in [0.1, 0.15) is 11.5 Å². The van der Waals surface area contributed by atoms with Crippen LogP contribution in [0.5, 0.6) is 11.5 Å². The van der Waals surface area contributed by atoms with Gasteiger partial charge in [-0.15, -0.1) is 0 Å². The van der Waals surface area contributed by atoms with Gasteiger partial charge in [-0.05, 0) is 48.4 Å². The Hall–Kier alpha value is -1.71. The highest BCUT2D eigenvalue weighted by Crippen LogP contribution is 2.21. The van der Waals surface area contributed by atoms with Crippen molar-refractivity contribution < 1.29 is 9.47 Å². The van der Waals surface area contributed by atoms with Crippen molar-refractivity contribution in [3.63, 3.8) is 0 Å². The van der Waals surface area contributed by atoms with Crippen molar-refractivity contribution in [3.8, 4) is 11.5 Å². The fourth-order valence-corrected chi connectivity index (χ4v) is 1.99.